The van der Waals surface area contributed by atoms with Gasteiger partial charge in [0.05, 0.1) is 18.8 Å². The lowest BCUT2D eigenvalue weighted by Gasteiger charge is -2.36. The van der Waals surface area contributed by atoms with E-state index >= 15 is 0 Å². The highest BCUT2D eigenvalue weighted by molar-refractivity contribution is 7.91. The summed E-state index contributed by atoms with van der Waals surface area (Å²) in [6.07, 6.45) is 2.64. The molecule has 2 aliphatic rings. The van der Waals surface area contributed by atoms with Gasteiger partial charge in [0.1, 0.15) is 9.09 Å². The highest BCUT2D eigenvalue weighted by atomic mass is 32.2. The fraction of sp³-hybridized carbons (Fsp3) is 0.615. The third-order valence-corrected chi connectivity index (χ3v) is 7.68. The molecule has 2 atom stereocenters. The molecule has 2 heterocycles. The number of thiophene rings is 1. The van der Waals surface area contributed by atoms with Gasteiger partial charge in [0.15, 0.2) is 0 Å². The number of rotatable bonds is 3. The van der Waals surface area contributed by atoms with Gasteiger partial charge in [-0.25, -0.2) is 13.2 Å². The molecule has 1 aliphatic heterocycles. The minimum atomic E-state index is -3.64. The standard InChI is InChI=1S/C13H17NO5S2/c1-8-7-11(20-12(8)13(15)16)21(17,18)14-5-6-19-10-4-2-3-9(10)14/h7,9-10H,2-6H2,1H3,(H,15,16). The van der Waals surface area contributed by atoms with Crippen LogP contribution in [0.4, 0.5) is 0 Å². The van der Waals surface area contributed by atoms with Crippen molar-refractivity contribution >= 4 is 27.3 Å². The number of carbonyl (C=O) groups is 1. The average molecular weight is 331 g/mol. The maximum absolute atomic E-state index is 12.8. The summed E-state index contributed by atoms with van der Waals surface area (Å²) in [6.45, 7) is 2.36. The van der Waals surface area contributed by atoms with Crippen molar-refractivity contribution in [2.75, 3.05) is 13.2 Å². The van der Waals surface area contributed by atoms with Crippen LogP contribution in [-0.2, 0) is 14.8 Å². The third-order valence-electron chi connectivity index (χ3n) is 4.08. The Morgan fingerprint density at radius 3 is 2.90 bits per heavy atom. The lowest BCUT2D eigenvalue weighted by Crippen LogP contribution is -2.50. The maximum atomic E-state index is 12.8. The van der Waals surface area contributed by atoms with Gasteiger partial charge in [-0.3, -0.25) is 0 Å². The summed E-state index contributed by atoms with van der Waals surface area (Å²) in [5, 5.41) is 9.09. The third kappa shape index (κ3) is 2.50. The summed E-state index contributed by atoms with van der Waals surface area (Å²) in [5.74, 6) is -1.08. The molecule has 0 amide bonds. The van der Waals surface area contributed by atoms with E-state index in [-0.39, 0.29) is 21.2 Å². The molecule has 0 spiro atoms. The molecule has 3 rings (SSSR count). The molecule has 0 aromatic carbocycles. The molecule has 6 nitrogen and oxygen atoms in total. The predicted octanol–water partition coefficient (Wildman–Crippen LogP) is 1.70. The number of sulfonamides is 1. The van der Waals surface area contributed by atoms with Crippen LogP contribution in [0, 0.1) is 6.92 Å². The largest absolute Gasteiger partial charge is 0.477 e. The number of nitrogens with zero attached hydrogens (tertiary/aromatic N) is 1. The molecule has 1 aromatic rings. The van der Waals surface area contributed by atoms with E-state index in [4.69, 9.17) is 9.84 Å². The number of aromatic carboxylic acids is 1. The van der Waals surface area contributed by atoms with Gasteiger partial charge in [-0.2, -0.15) is 4.31 Å². The summed E-state index contributed by atoms with van der Waals surface area (Å²) >= 11 is 0.832. The summed E-state index contributed by atoms with van der Waals surface area (Å²) in [6, 6.07) is 1.35. The first-order valence-electron chi connectivity index (χ1n) is 6.88. The molecule has 0 bridgehead atoms. The molecule has 8 heteroatoms. The van der Waals surface area contributed by atoms with E-state index in [1.165, 1.54) is 10.4 Å². The average Bonchev–Trinajstić information content (AvgIpc) is 3.03. The Hall–Kier alpha value is -0.960. The minimum Gasteiger partial charge on any atom is -0.477 e. The number of carboxylic acid groups (broad SMARTS) is 1. The number of hydrogen-bond donors (Lipinski definition) is 1. The monoisotopic (exact) mass is 331 g/mol. The Balaban J connectivity index is 1.96. The molecule has 1 aliphatic carbocycles. The van der Waals surface area contributed by atoms with Crippen molar-refractivity contribution < 1.29 is 23.1 Å². The second kappa shape index (κ2) is 5.35. The lowest BCUT2D eigenvalue weighted by atomic mass is 10.2. The first-order valence-corrected chi connectivity index (χ1v) is 9.14. The Morgan fingerprint density at radius 2 is 2.24 bits per heavy atom. The van der Waals surface area contributed by atoms with Crippen LogP contribution >= 0.6 is 11.3 Å². The SMILES string of the molecule is Cc1cc(S(=O)(=O)N2CCOC3CCCC32)sc1C(=O)O. The first-order chi connectivity index (χ1) is 9.91. The Bertz CT molecular complexity index is 666. The zero-order valence-corrected chi connectivity index (χ0v) is 13.2. The number of morpholine rings is 1. The Kier molecular flexibility index (Phi) is 3.81. The van der Waals surface area contributed by atoms with Crippen LogP contribution in [0.3, 0.4) is 0 Å². The van der Waals surface area contributed by atoms with Crippen LogP contribution < -0.4 is 0 Å². The van der Waals surface area contributed by atoms with Gasteiger partial charge in [0.2, 0.25) is 0 Å². The van der Waals surface area contributed by atoms with E-state index in [0.717, 1.165) is 30.6 Å². The van der Waals surface area contributed by atoms with E-state index < -0.39 is 16.0 Å². The summed E-state index contributed by atoms with van der Waals surface area (Å²) in [5.41, 5.74) is 0.488. The van der Waals surface area contributed by atoms with E-state index in [0.29, 0.717) is 18.7 Å². The van der Waals surface area contributed by atoms with Gasteiger partial charge < -0.3 is 9.84 Å². The van der Waals surface area contributed by atoms with Crippen LogP contribution in [0.25, 0.3) is 0 Å². The van der Waals surface area contributed by atoms with Crippen molar-refractivity contribution in [3.63, 3.8) is 0 Å². The fourth-order valence-electron chi connectivity index (χ4n) is 3.10. The highest BCUT2D eigenvalue weighted by Gasteiger charge is 2.43. The van der Waals surface area contributed by atoms with Gasteiger partial charge in [-0.15, -0.1) is 11.3 Å². The second-order valence-electron chi connectivity index (χ2n) is 5.41. The van der Waals surface area contributed by atoms with Crippen LogP contribution in [0.1, 0.15) is 34.5 Å². The lowest BCUT2D eigenvalue weighted by molar-refractivity contribution is -0.0241. The van der Waals surface area contributed by atoms with Crippen molar-refractivity contribution in [3.05, 3.63) is 16.5 Å². The van der Waals surface area contributed by atoms with E-state index in [1.54, 1.807) is 6.92 Å². The van der Waals surface area contributed by atoms with Crippen LogP contribution in [0.2, 0.25) is 0 Å². The Labute approximate surface area is 127 Å². The van der Waals surface area contributed by atoms with Crippen molar-refractivity contribution in [2.45, 2.75) is 42.5 Å². The number of fused-ring (bicyclic) bond motifs is 1. The van der Waals surface area contributed by atoms with E-state index in [1.807, 2.05) is 0 Å². The molecule has 2 fully saturated rings. The number of aryl methyl sites for hydroxylation is 1. The molecule has 2 unspecified atom stereocenters. The normalized spacial score (nSPS) is 26.7. The molecule has 116 valence electrons. The van der Waals surface area contributed by atoms with Crippen molar-refractivity contribution in [2.24, 2.45) is 0 Å². The fourth-order valence-corrected chi connectivity index (χ4v) is 6.27. The van der Waals surface area contributed by atoms with Crippen molar-refractivity contribution in [1.82, 2.24) is 4.31 Å². The minimum absolute atomic E-state index is 0.0199. The molecular formula is C13H17NO5S2. The van der Waals surface area contributed by atoms with Crippen LogP contribution in [-0.4, -0.2) is 49.1 Å². The predicted molar refractivity (Wildman–Crippen MR) is 77.3 cm³/mol. The molecule has 0 radical (unpaired) electrons. The molecular weight excluding hydrogens is 314 g/mol. The zero-order valence-electron chi connectivity index (χ0n) is 11.6. The second-order valence-corrected chi connectivity index (χ2v) is 8.58. The molecule has 1 aromatic heterocycles. The molecule has 1 saturated carbocycles. The van der Waals surface area contributed by atoms with E-state index in [2.05, 4.69) is 0 Å². The molecule has 1 saturated heterocycles. The summed E-state index contributed by atoms with van der Waals surface area (Å²) in [7, 11) is -3.64. The number of carboxylic acids is 1. The van der Waals surface area contributed by atoms with Crippen LogP contribution in [0.5, 0.6) is 0 Å². The first kappa shape index (κ1) is 15.0. The van der Waals surface area contributed by atoms with Gasteiger partial charge in [0, 0.05) is 6.54 Å². The summed E-state index contributed by atoms with van der Waals surface area (Å²) in [4.78, 5) is 11.2. The van der Waals surface area contributed by atoms with Gasteiger partial charge >= 0.3 is 5.97 Å². The van der Waals surface area contributed by atoms with Crippen molar-refractivity contribution in [3.8, 4) is 0 Å². The quantitative estimate of drug-likeness (QED) is 0.911. The topological polar surface area (TPSA) is 83.9 Å². The van der Waals surface area contributed by atoms with Gasteiger partial charge in [-0.1, -0.05) is 0 Å². The smallest absolute Gasteiger partial charge is 0.346 e. The Morgan fingerprint density at radius 1 is 1.48 bits per heavy atom. The molecule has 21 heavy (non-hydrogen) atoms. The zero-order chi connectivity index (χ0) is 15.2. The number of hydrogen-bond acceptors (Lipinski definition) is 5. The molecule has 1 N–H and O–H groups in total. The maximum Gasteiger partial charge on any atom is 0.346 e. The van der Waals surface area contributed by atoms with Gasteiger partial charge in [0.25, 0.3) is 10.0 Å². The van der Waals surface area contributed by atoms with E-state index in [9.17, 15) is 13.2 Å². The summed E-state index contributed by atoms with van der Waals surface area (Å²) < 4.78 is 32.9. The van der Waals surface area contributed by atoms with Crippen LogP contribution in [0.15, 0.2) is 10.3 Å². The van der Waals surface area contributed by atoms with Crippen molar-refractivity contribution in [1.29, 1.82) is 0 Å². The number of ether oxygens (including phenoxy) is 1. The highest BCUT2D eigenvalue weighted by Crippen LogP contribution is 2.36. The van der Waals surface area contributed by atoms with Gasteiger partial charge in [-0.05, 0) is 37.8 Å².